The first-order valence-corrected chi connectivity index (χ1v) is 7.96. The molecule has 0 bridgehead atoms. The lowest BCUT2D eigenvalue weighted by atomic mass is 10.1. The Hall–Kier alpha value is -3.09. The fraction of sp³-hybridized carbons (Fsp3) is 0.158. The van der Waals surface area contributed by atoms with E-state index in [-0.39, 0.29) is 5.75 Å². The van der Waals surface area contributed by atoms with Gasteiger partial charge < -0.3 is 10.1 Å². The van der Waals surface area contributed by atoms with Crippen LogP contribution in [0.1, 0.15) is 5.56 Å². The summed E-state index contributed by atoms with van der Waals surface area (Å²) in [4.78, 5) is 8.47. The van der Waals surface area contributed by atoms with E-state index in [1.165, 1.54) is 29.8 Å². The number of anilines is 1. The molecule has 7 heteroatoms. The quantitative estimate of drug-likeness (QED) is 0.693. The molecule has 2 aromatic carbocycles. The maximum atomic E-state index is 12.2. The van der Waals surface area contributed by atoms with Crippen LogP contribution in [0.4, 0.5) is 19.1 Å². The molecule has 0 unspecified atom stereocenters. The molecule has 0 aliphatic carbocycles. The van der Waals surface area contributed by atoms with Crippen molar-refractivity contribution < 1.29 is 17.9 Å². The highest BCUT2D eigenvalue weighted by Gasteiger charge is 2.30. The summed E-state index contributed by atoms with van der Waals surface area (Å²) in [6.45, 7) is 0.701. The van der Waals surface area contributed by atoms with Gasteiger partial charge in [-0.1, -0.05) is 42.5 Å². The van der Waals surface area contributed by atoms with E-state index in [2.05, 4.69) is 32.2 Å². The van der Waals surface area contributed by atoms with Crippen LogP contribution in [0, 0.1) is 0 Å². The van der Waals surface area contributed by atoms with Gasteiger partial charge >= 0.3 is 6.36 Å². The van der Waals surface area contributed by atoms with Crippen LogP contribution >= 0.6 is 0 Å². The maximum Gasteiger partial charge on any atom is 0.573 e. The second-order valence-corrected chi connectivity index (χ2v) is 5.53. The smallest absolute Gasteiger partial charge is 0.406 e. The van der Waals surface area contributed by atoms with Crippen molar-refractivity contribution in [3.05, 3.63) is 72.6 Å². The molecular formula is C19H16F3N3O. The van der Waals surface area contributed by atoms with Crippen LogP contribution in [0.15, 0.2) is 67.0 Å². The lowest BCUT2D eigenvalue weighted by Gasteiger charge is -2.09. The Labute approximate surface area is 148 Å². The van der Waals surface area contributed by atoms with E-state index in [0.29, 0.717) is 23.6 Å². The number of aromatic nitrogens is 2. The number of alkyl halides is 3. The molecule has 0 aliphatic heterocycles. The maximum absolute atomic E-state index is 12.2. The van der Waals surface area contributed by atoms with Gasteiger partial charge in [0.1, 0.15) is 5.75 Å². The highest BCUT2D eigenvalue weighted by molar-refractivity contribution is 5.62. The van der Waals surface area contributed by atoms with E-state index in [1.54, 1.807) is 12.4 Å². The van der Waals surface area contributed by atoms with Crippen molar-refractivity contribution in [2.45, 2.75) is 12.8 Å². The lowest BCUT2D eigenvalue weighted by molar-refractivity contribution is -0.274. The van der Waals surface area contributed by atoms with E-state index >= 15 is 0 Å². The SMILES string of the molecule is FC(F)(F)Oc1ccc(-c2cnc(NCCc3ccccc3)nc2)cc1. The molecule has 1 heterocycles. The molecule has 0 atom stereocenters. The van der Waals surface area contributed by atoms with E-state index in [9.17, 15) is 13.2 Å². The van der Waals surface area contributed by atoms with Gasteiger partial charge in [0.25, 0.3) is 0 Å². The summed E-state index contributed by atoms with van der Waals surface area (Å²) in [6.07, 6.45) is -0.598. The highest BCUT2D eigenvalue weighted by atomic mass is 19.4. The molecule has 0 fully saturated rings. The summed E-state index contributed by atoms with van der Waals surface area (Å²) in [5.74, 6) is 0.239. The molecule has 134 valence electrons. The molecule has 1 N–H and O–H groups in total. The van der Waals surface area contributed by atoms with Gasteiger partial charge in [0.15, 0.2) is 0 Å². The van der Waals surface area contributed by atoms with Gasteiger partial charge in [0.05, 0.1) is 0 Å². The third-order valence-corrected chi connectivity index (χ3v) is 3.61. The molecule has 26 heavy (non-hydrogen) atoms. The third-order valence-electron chi connectivity index (χ3n) is 3.61. The van der Waals surface area contributed by atoms with Crippen molar-refractivity contribution in [2.75, 3.05) is 11.9 Å². The van der Waals surface area contributed by atoms with Crippen molar-refractivity contribution in [3.8, 4) is 16.9 Å². The van der Waals surface area contributed by atoms with Gasteiger partial charge in [0.2, 0.25) is 5.95 Å². The predicted octanol–water partition coefficient (Wildman–Crippen LogP) is 4.70. The molecule has 3 aromatic rings. The van der Waals surface area contributed by atoms with Gasteiger partial charge in [0, 0.05) is 24.5 Å². The number of benzene rings is 2. The fourth-order valence-electron chi connectivity index (χ4n) is 2.38. The van der Waals surface area contributed by atoms with Crippen LogP contribution in [-0.4, -0.2) is 22.9 Å². The average Bonchev–Trinajstić information content (AvgIpc) is 2.63. The normalized spacial score (nSPS) is 11.2. The topological polar surface area (TPSA) is 47.0 Å². The third kappa shape index (κ3) is 5.20. The van der Waals surface area contributed by atoms with Gasteiger partial charge in [-0.05, 0) is 29.7 Å². The number of nitrogens with one attached hydrogen (secondary N) is 1. The number of hydrogen-bond acceptors (Lipinski definition) is 4. The Morgan fingerprint density at radius 1 is 0.846 bits per heavy atom. The van der Waals surface area contributed by atoms with Gasteiger partial charge in [-0.3, -0.25) is 0 Å². The number of ether oxygens (including phenoxy) is 1. The standard InChI is InChI=1S/C19H16F3N3O/c20-19(21,22)26-17-8-6-15(7-9-17)16-12-24-18(25-13-16)23-11-10-14-4-2-1-3-5-14/h1-9,12-13H,10-11H2,(H,23,24,25). The number of nitrogens with zero attached hydrogens (tertiary/aromatic N) is 2. The van der Waals surface area contributed by atoms with Crippen molar-refractivity contribution in [1.82, 2.24) is 9.97 Å². The van der Waals surface area contributed by atoms with Crippen molar-refractivity contribution in [2.24, 2.45) is 0 Å². The molecule has 0 amide bonds. The van der Waals surface area contributed by atoms with E-state index in [0.717, 1.165) is 6.42 Å². The van der Waals surface area contributed by atoms with E-state index in [4.69, 9.17) is 0 Å². The largest absolute Gasteiger partial charge is 0.573 e. The minimum Gasteiger partial charge on any atom is -0.406 e. The Morgan fingerprint density at radius 3 is 2.12 bits per heavy atom. The zero-order valence-electron chi connectivity index (χ0n) is 13.7. The van der Waals surface area contributed by atoms with Crippen molar-refractivity contribution in [1.29, 1.82) is 0 Å². The fourth-order valence-corrected chi connectivity index (χ4v) is 2.38. The number of hydrogen-bond donors (Lipinski definition) is 1. The molecule has 0 aliphatic rings. The minimum absolute atomic E-state index is 0.263. The monoisotopic (exact) mass is 359 g/mol. The average molecular weight is 359 g/mol. The summed E-state index contributed by atoms with van der Waals surface area (Å²) in [7, 11) is 0. The van der Waals surface area contributed by atoms with E-state index < -0.39 is 6.36 Å². The van der Waals surface area contributed by atoms with E-state index in [1.807, 2.05) is 18.2 Å². The molecule has 1 aromatic heterocycles. The molecule has 0 saturated heterocycles. The molecule has 0 saturated carbocycles. The highest BCUT2D eigenvalue weighted by Crippen LogP contribution is 2.26. The summed E-state index contributed by atoms with van der Waals surface area (Å²) in [5, 5.41) is 3.14. The van der Waals surface area contributed by atoms with Crippen molar-refractivity contribution >= 4 is 5.95 Å². The molecule has 0 radical (unpaired) electrons. The second kappa shape index (κ2) is 7.86. The van der Waals surface area contributed by atoms with Gasteiger partial charge in [-0.25, -0.2) is 9.97 Å². The Morgan fingerprint density at radius 2 is 1.50 bits per heavy atom. The van der Waals surface area contributed by atoms with Crippen molar-refractivity contribution in [3.63, 3.8) is 0 Å². The van der Waals surface area contributed by atoms with Gasteiger partial charge in [-0.2, -0.15) is 0 Å². The summed E-state index contributed by atoms with van der Waals surface area (Å²) < 4.78 is 40.4. The van der Waals surface area contributed by atoms with Crippen LogP contribution in [0.2, 0.25) is 0 Å². The summed E-state index contributed by atoms with van der Waals surface area (Å²) >= 11 is 0. The van der Waals surface area contributed by atoms with Crippen LogP contribution in [0.3, 0.4) is 0 Å². The first kappa shape index (κ1) is 17.7. The van der Waals surface area contributed by atoms with Crippen LogP contribution in [-0.2, 0) is 6.42 Å². The van der Waals surface area contributed by atoms with Gasteiger partial charge in [-0.15, -0.1) is 13.2 Å². The summed E-state index contributed by atoms with van der Waals surface area (Å²) in [5.41, 5.74) is 2.63. The van der Waals surface area contributed by atoms with Crippen LogP contribution in [0.25, 0.3) is 11.1 Å². The second-order valence-electron chi connectivity index (χ2n) is 5.53. The predicted molar refractivity (Wildman–Crippen MR) is 92.8 cm³/mol. The first-order chi connectivity index (χ1) is 12.5. The number of rotatable bonds is 6. The lowest BCUT2D eigenvalue weighted by Crippen LogP contribution is -2.16. The zero-order chi connectivity index (χ0) is 18.4. The minimum atomic E-state index is -4.70. The molecular weight excluding hydrogens is 343 g/mol. The first-order valence-electron chi connectivity index (χ1n) is 7.96. The Kier molecular flexibility index (Phi) is 5.36. The van der Waals surface area contributed by atoms with Crippen LogP contribution in [0.5, 0.6) is 5.75 Å². The molecule has 4 nitrogen and oxygen atoms in total. The zero-order valence-corrected chi connectivity index (χ0v) is 13.7. The molecule has 0 spiro atoms. The molecule has 3 rings (SSSR count). The Bertz CT molecular complexity index is 819. The van der Waals surface area contributed by atoms with Crippen LogP contribution < -0.4 is 10.1 Å². The Balaban J connectivity index is 1.57. The number of halogens is 3. The summed E-state index contributed by atoms with van der Waals surface area (Å²) in [6, 6.07) is 15.6.